The molecule has 0 aliphatic heterocycles. The lowest BCUT2D eigenvalue weighted by Crippen LogP contribution is -2.11. The van der Waals surface area contributed by atoms with E-state index in [4.69, 9.17) is 4.42 Å². The van der Waals surface area contributed by atoms with Crippen LogP contribution in [0.5, 0.6) is 0 Å². The summed E-state index contributed by atoms with van der Waals surface area (Å²) in [6.07, 6.45) is 0. The fraction of sp³-hybridized carbons (Fsp3) is 0. The Morgan fingerprint density at radius 1 is 0.311 bits per heavy atom. The minimum Gasteiger partial charge on any atom is -0.456 e. The molecule has 0 aliphatic rings. The summed E-state index contributed by atoms with van der Waals surface area (Å²) in [7, 11) is 0. The molecular weight excluding hydrogens is 759 g/mol. The van der Waals surface area contributed by atoms with Crippen molar-refractivity contribution in [1.29, 1.82) is 0 Å². The van der Waals surface area contributed by atoms with Gasteiger partial charge in [-0.15, -0.1) is 11.3 Å². The quantitative estimate of drug-likeness (QED) is 0.160. The van der Waals surface area contributed by atoms with Crippen LogP contribution < -0.4 is 4.90 Å². The van der Waals surface area contributed by atoms with Crippen molar-refractivity contribution < 1.29 is 4.42 Å². The highest BCUT2D eigenvalue weighted by Crippen LogP contribution is 2.44. The molecular formula is C58H37NOS. The first-order chi connectivity index (χ1) is 30.2. The lowest BCUT2D eigenvalue weighted by molar-refractivity contribution is 0.669. The van der Waals surface area contributed by atoms with Gasteiger partial charge in [-0.25, -0.2) is 0 Å². The lowest BCUT2D eigenvalue weighted by Gasteiger charge is -2.28. The van der Waals surface area contributed by atoms with E-state index in [1.54, 1.807) is 0 Å². The second-order valence-electron chi connectivity index (χ2n) is 15.7. The van der Waals surface area contributed by atoms with Crippen LogP contribution in [0.2, 0.25) is 0 Å². The van der Waals surface area contributed by atoms with Crippen molar-refractivity contribution in [2.45, 2.75) is 0 Å². The van der Waals surface area contributed by atoms with E-state index < -0.39 is 0 Å². The number of thiophene rings is 1. The monoisotopic (exact) mass is 795 g/mol. The molecule has 3 heteroatoms. The minimum absolute atomic E-state index is 0.892. The summed E-state index contributed by atoms with van der Waals surface area (Å²) >= 11 is 1.86. The van der Waals surface area contributed by atoms with Gasteiger partial charge in [-0.3, -0.25) is 0 Å². The van der Waals surface area contributed by atoms with Gasteiger partial charge in [-0.05, 0) is 116 Å². The zero-order chi connectivity index (χ0) is 40.3. The van der Waals surface area contributed by atoms with Gasteiger partial charge in [0.1, 0.15) is 11.2 Å². The molecule has 0 atom stereocenters. The predicted octanol–water partition coefficient (Wildman–Crippen LogP) is 17.2. The Morgan fingerprint density at radius 2 is 0.869 bits per heavy atom. The van der Waals surface area contributed by atoms with E-state index >= 15 is 0 Å². The van der Waals surface area contributed by atoms with Gasteiger partial charge in [-0.2, -0.15) is 0 Å². The van der Waals surface area contributed by atoms with Crippen LogP contribution in [0.1, 0.15) is 0 Å². The molecule has 2 aromatic heterocycles. The summed E-state index contributed by atoms with van der Waals surface area (Å²) in [6.45, 7) is 0. The van der Waals surface area contributed by atoms with Crippen molar-refractivity contribution >= 4 is 81.3 Å². The highest BCUT2D eigenvalue weighted by atomic mass is 32.1. The second kappa shape index (κ2) is 14.5. The van der Waals surface area contributed by atoms with E-state index in [0.717, 1.165) is 50.1 Å². The normalized spacial score (nSPS) is 11.6. The number of hydrogen-bond donors (Lipinski definition) is 0. The van der Waals surface area contributed by atoms with Crippen molar-refractivity contribution in [1.82, 2.24) is 0 Å². The molecule has 12 aromatic rings. The SMILES string of the molecule is c1ccc(-c2ccc3ccccc3c2)c(-c2ccc(N(c3ccc(-c4ccc5c(c4)sc4ccccc45)cc3)c3ccccc3-c3ccc4oc5ccccc5c4c3)cc2)c1. The molecule has 2 nitrogen and oxygen atoms in total. The van der Waals surface area contributed by atoms with Gasteiger partial charge < -0.3 is 9.32 Å². The molecule has 12 rings (SSSR count). The van der Waals surface area contributed by atoms with Gasteiger partial charge in [-0.1, -0.05) is 158 Å². The number of rotatable bonds is 7. The van der Waals surface area contributed by atoms with Crippen LogP contribution in [0.3, 0.4) is 0 Å². The molecule has 61 heavy (non-hydrogen) atoms. The fourth-order valence-corrected chi connectivity index (χ4v) is 10.2. The summed E-state index contributed by atoms with van der Waals surface area (Å²) in [5, 5.41) is 7.36. The smallest absolute Gasteiger partial charge is 0.135 e. The Kier molecular flexibility index (Phi) is 8.39. The van der Waals surface area contributed by atoms with Crippen LogP contribution in [-0.2, 0) is 0 Å². The van der Waals surface area contributed by atoms with Gasteiger partial charge in [0.2, 0.25) is 0 Å². The minimum atomic E-state index is 0.892. The fourth-order valence-electron chi connectivity index (χ4n) is 9.08. The maximum atomic E-state index is 6.24. The molecule has 0 fully saturated rings. The zero-order valence-electron chi connectivity index (χ0n) is 33.1. The molecule has 0 saturated heterocycles. The second-order valence-corrected chi connectivity index (χ2v) is 16.8. The van der Waals surface area contributed by atoms with E-state index in [1.165, 1.54) is 64.3 Å². The third-order valence-corrected chi connectivity index (χ3v) is 13.2. The highest BCUT2D eigenvalue weighted by molar-refractivity contribution is 7.25. The first-order valence-electron chi connectivity index (χ1n) is 20.7. The van der Waals surface area contributed by atoms with Crippen molar-refractivity contribution in [3.8, 4) is 44.5 Å². The molecule has 0 saturated carbocycles. The Labute approximate surface area is 357 Å². The first-order valence-corrected chi connectivity index (χ1v) is 21.5. The van der Waals surface area contributed by atoms with E-state index in [1.807, 2.05) is 23.5 Å². The van der Waals surface area contributed by atoms with Gasteiger partial charge in [0.15, 0.2) is 0 Å². The average Bonchev–Trinajstić information content (AvgIpc) is 3.90. The molecule has 10 aromatic carbocycles. The number of nitrogens with zero attached hydrogens (tertiary/aromatic N) is 1. The molecule has 2 heterocycles. The first kappa shape index (κ1) is 35.2. The number of benzene rings is 10. The molecule has 0 aliphatic carbocycles. The molecule has 286 valence electrons. The topological polar surface area (TPSA) is 16.4 Å². The number of furan rings is 1. The van der Waals surface area contributed by atoms with Crippen LogP contribution in [0.4, 0.5) is 17.1 Å². The average molecular weight is 796 g/mol. The van der Waals surface area contributed by atoms with Crippen molar-refractivity contribution in [2.24, 2.45) is 0 Å². The summed E-state index contributed by atoms with van der Waals surface area (Å²) in [5.41, 5.74) is 14.5. The third-order valence-electron chi connectivity index (χ3n) is 12.1. The Hall–Kier alpha value is -7.72. The Bertz CT molecular complexity index is 3590. The van der Waals surface area contributed by atoms with Crippen molar-refractivity contribution in [3.63, 3.8) is 0 Å². The van der Waals surface area contributed by atoms with Gasteiger partial charge in [0, 0.05) is 47.9 Å². The summed E-state index contributed by atoms with van der Waals surface area (Å²) in [6, 6.07) is 81.3. The van der Waals surface area contributed by atoms with Crippen LogP contribution in [0.25, 0.3) is 97.4 Å². The molecule has 0 spiro atoms. The third kappa shape index (κ3) is 6.18. The van der Waals surface area contributed by atoms with Gasteiger partial charge >= 0.3 is 0 Å². The largest absolute Gasteiger partial charge is 0.456 e. The molecule has 0 unspecified atom stereocenters. The van der Waals surface area contributed by atoms with Crippen LogP contribution in [0.15, 0.2) is 229 Å². The number of fused-ring (bicyclic) bond motifs is 7. The lowest BCUT2D eigenvalue weighted by atomic mass is 9.93. The van der Waals surface area contributed by atoms with Crippen LogP contribution in [0, 0.1) is 0 Å². The summed E-state index contributed by atoms with van der Waals surface area (Å²) in [4.78, 5) is 2.39. The molecule has 0 bridgehead atoms. The zero-order valence-corrected chi connectivity index (χ0v) is 33.9. The molecule has 0 radical (unpaired) electrons. The summed E-state index contributed by atoms with van der Waals surface area (Å²) < 4.78 is 8.87. The Morgan fingerprint density at radius 3 is 1.69 bits per heavy atom. The highest BCUT2D eigenvalue weighted by Gasteiger charge is 2.19. The van der Waals surface area contributed by atoms with Gasteiger partial charge in [0.05, 0.1) is 5.69 Å². The number of hydrogen-bond acceptors (Lipinski definition) is 3. The van der Waals surface area contributed by atoms with Crippen molar-refractivity contribution in [3.05, 3.63) is 224 Å². The van der Waals surface area contributed by atoms with E-state index in [0.29, 0.717) is 0 Å². The molecule has 0 N–H and O–H groups in total. The van der Waals surface area contributed by atoms with E-state index in [2.05, 4.69) is 217 Å². The van der Waals surface area contributed by atoms with E-state index in [-0.39, 0.29) is 0 Å². The van der Waals surface area contributed by atoms with E-state index in [9.17, 15) is 0 Å². The Balaban J connectivity index is 0.971. The van der Waals surface area contributed by atoms with Crippen LogP contribution in [-0.4, -0.2) is 0 Å². The predicted molar refractivity (Wildman–Crippen MR) is 261 cm³/mol. The maximum Gasteiger partial charge on any atom is 0.135 e. The van der Waals surface area contributed by atoms with Gasteiger partial charge in [0.25, 0.3) is 0 Å². The van der Waals surface area contributed by atoms with Crippen molar-refractivity contribution in [2.75, 3.05) is 4.90 Å². The molecule has 0 amide bonds. The number of anilines is 3. The standard InChI is InChI=1S/C58H37NOS/c1-2-12-41-35-43(22-21-38(41)11-1)48-14-4-3-13-47(48)40-25-31-46(32-26-40)59(45-29-23-39(24-30-45)42-27-33-52-51-17-7-10-20-57(51)61-58(52)37-42)54-18-8-5-15-49(54)44-28-34-56-53(36-44)50-16-6-9-19-55(50)60-56/h1-37H. The number of para-hydroxylation sites is 2. The maximum absolute atomic E-state index is 6.24. The van der Waals surface area contributed by atoms with Crippen LogP contribution >= 0.6 is 11.3 Å². The summed E-state index contributed by atoms with van der Waals surface area (Å²) in [5.74, 6) is 0.